The lowest BCUT2D eigenvalue weighted by atomic mass is 9.48. The zero-order valence-electron chi connectivity index (χ0n) is 18.9. The normalized spacial score (nSPS) is 34.7. The van der Waals surface area contributed by atoms with Crippen molar-refractivity contribution in [3.63, 3.8) is 0 Å². The van der Waals surface area contributed by atoms with Crippen molar-refractivity contribution in [2.24, 2.45) is 17.3 Å². The molecule has 0 radical (unpaired) electrons. The minimum atomic E-state index is 0.260. The van der Waals surface area contributed by atoms with Crippen LogP contribution in [0.2, 0.25) is 0 Å². The number of ether oxygens (including phenoxy) is 2. The molecule has 5 fully saturated rings. The molecule has 1 amide bonds. The Labute approximate surface area is 194 Å². The fourth-order valence-corrected chi connectivity index (χ4v) is 8.89. The van der Waals surface area contributed by atoms with Crippen LogP contribution in [0.3, 0.4) is 0 Å². The van der Waals surface area contributed by atoms with E-state index in [1.165, 1.54) is 38.5 Å². The Morgan fingerprint density at radius 3 is 2.39 bits per heavy atom. The van der Waals surface area contributed by atoms with Crippen molar-refractivity contribution in [1.29, 1.82) is 0 Å². The predicted octanol–water partition coefficient (Wildman–Crippen LogP) is 4.47. The zero-order chi connectivity index (χ0) is 21.6. The van der Waals surface area contributed by atoms with Crippen LogP contribution >= 0.6 is 15.9 Å². The van der Waals surface area contributed by atoms with Gasteiger partial charge in [-0.25, -0.2) is 0 Å². The zero-order valence-corrected chi connectivity index (χ0v) is 20.5. The predicted molar refractivity (Wildman–Crippen MR) is 125 cm³/mol. The van der Waals surface area contributed by atoms with Gasteiger partial charge in [0.25, 0.3) is 0 Å². The number of halogens is 1. The molecule has 4 aliphatic carbocycles. The minimum absolute atomic E-state index is 0.260. The Kier molecular flexibility index (Phi) is 5.74. The van der Waals surface area contributed by atoms with Crippen LogP contribution < -0.4 is 9.47 Å². The lowest BCUT2D eigenvalue weighted by molar-refractivity contribution is -0.140. The molecule has 0 aromatic heterocycles. The molecule has 1 heterocycles. The number of hydrogen-bond donors (Lipinski definition) is 0. The number of methoxy groups -OCH3 is 2. The maximum atomic E-state index is 13.3. The topological polar surface area (TPSA) is 42.0 Å². The Balaban J connectivity index is 1.17. The maximum absolute atomic E-state index is 13.3. The van der Waals surface area contributed by atoms with Gasteiger partial charge in [-0.05, 0) is 74.0 Å². The van der Waals surface area contributed by atoms with Crippen LogP contribution in [0.5, 0.6) is 11.5 Å². The third-order valence-corrected chi connectivity index (χ3v) is 9.17. The summed E-state index contributed by atoms with van der Waals surface area (Å²) in [4.78, 5) is 17.8. The Morgan fingerprint density at radius 1 is 1.06 bits per heavy atom. The monoisotopic (exact) mass is 490 g/mol. The summed E-state index contributed by atoms with van der Waals surface area (Å²) in [6.45, 7) is 4.29. The van der Waals surface area contributed by atoms with Gasteiger partial charge in [-0.1, -0.05) is 15.9 Å². The van der Waals surface area contributed by atoms with E-state index in [0.29, 0.717) is 10.2 Å². The highest BCUT2D eigenvalue weighted by molar-refractivity contribution is 9.10. The lowest BCUT2D eigenvalue weighted by Gasteiger charge is -2.60. The highest BCUT2D eigenvalue weighted by Gasteiger charge is 2.57. The smallest absolute Gasteiger partial charge is 0.223 e. The quantitative estimate of drug-likeness (QED) is 0.551. The summed E-state index contributed by atoms with van der Waals surface area (Å²) in [6.07, 6.45) is 8.56. The van der Waals surface area contributed by atoms with Crippen molar-refractivity contribution in [3.8, 4) is 11.5 Å². The first-order valence-electron chi connectivity index (χ1n) is 11.8. The van der Waals surface area contributed by atoms with Crippen molar-refractivity contribution in [2.45, 2.75) is 55.8 Å². The van der Waals surface area contributed by atoms with Gasteiger partial charge in [-0.2, -0.15) is 0 Å². The van der Waals surface area contributed by atoms with E-state index in [0.717, 1.165) is 68.0 Å². The van der Waals surface area contributed by atoms with Gasteiger partial charge in [0.15, 0.2) is 0 Å². The number of rotatable bonds is 6. The Bertz CT molecular complexity index is 822. The minimum Gasteiger partial charge on any atom is -0.497 e. The third kappa shape index (κ3) is 4.35. The average molecular weight is 491 g/mol. The molecule has 1 saturated heterocycles. The van der Waals surface area contributed by atoms with Crippen LogP contribution in [-0.2, 0) is 11.3 Å². The summed E-state index contributed by atoms with van der Waals surface area (Å²) in [7, 11) is 3.40. The summed E-state index contributed by atoms with van der Waals surface area (Å²) in [5.74, 6) is 3.80. The molecular formula is C25H35BrN2O3. The van der Waals surface area contributed by atoms with E-state index in [1.54, 1.807) is 14.2 Å². The van der Waals surface area contributed by atoms with E-state index in [4.69, 9.17) is 9.47 Å². The maximum Gasteiger partial charge on any atom is 0.223 e. The van der Waals surface area contributed by atoms with E-state index >= 15 is 0 Å². The van der Waals surface area contributed by atoms with Crippen LogP contribution in [-0.4, -0.2) is 60.4 Å². The summed E-state index contributed by atoms with van der Waals surface area (Å²) < 4.78 is 11.2. The summed E-state index contributed by atoms with van der Waals surface area (Å²) in [5.41, 5.74) is 1.40. The van der Waals surface area contributed by atoms with Crippen molar-refractivity contribution >= 4 is 21.8 Å². The Morgan fingerprint density at radius 2 is 1.77 bits per heavy atom. The highest BCUT2D eigenvalue weighted by atomic mass is 79.9. The van der Waals surface area contributed by atoms with Crippen molar-refractivity contribution in [2.75, 3.05) is 40.4 Å². The molecule has 4 bridgehead atoms. The molecule has 5 aliphatic rings. The van der Waals surface area contributed by atoms with Gasteiger partial charge in [0.1, 0.15) is 11.5 Å². The first kappa shape index (κ1) is 21.6. The second kappa shape index (κ2) is 8.26. The number of carbonyl (C=O) groups is 1. The average Bonchev–Trinajstić information content (AvgIpc) is 2.72. The second-order valence-corrected chi connectivity index (χ2v) is 12.3. The lowest BCUT2D eigenvalue weighted by Crippen LogP contribution is -2.55. The van der Waals surface area contributed by atoms with Crippen LogP contribution in [0.1, 0.15) is 50.5 Å². The molecule has 1 aromatic carbocycles. The number of nitrogens with zero attached hydrogens (tertiary/aromatic N) is 2. The number of hydrogen-bond acceptors (Lipinski definition) is 4. The van der Waals surface area contributed by atoms with E-state index in [-0.39, 0.29) is 5.41 Å². The molecule has 6 rings (SSSR count). The molecule has 6 heteroatoms. The van der Waals surface area contributed by atoms with Gasteiger partial charge in [0.2, 0.25) is 5.91 Å². The van der Waals surface area contributed by atoms with Gasteiger partial charge in [0.05, 0.1) is 14.2 Å². The molecule has 0 spiro atoms. The van der Waals surface area contributed by atoms with Crippen molar-refractivity contribution < 1.29 is 14.3 Å². The molecule has 1 aromatic rings. The molecule has 170 valence electrons. The molecule has 0 N–H and O–H groups in total. The highest BCUT2D eigenvalue weighted by Crippen LogP contribution is 2.65. The van der Waals surface area contributed by atoms with Gasteiger partial charge in [-0.15, -0.1) is 0 Å². The number of amides is 1. The molecule has 31 heavy (non-hydrogen) atoms. The number of alkyl halides is 1. The standard InChI is InChI=1S/C25H35BrN2O3/c1-30-21-3-4-22(31-2)20(10-21)16-27-5-7-28(8-6-27)23(29)15-24-11-18-9-19(12-24)14-25(26,13-18)17-24/h3-4,10,18-19H,5-9,11-17H2,1-2H3. The summed E-state index contributed by atoms with van der Waals surface area (Å²) in [5, 5.41) is 0. The van der Waals surface area contributed by atoms with Crippen LogP contribution in [0, 0.1) is 17.3 Å². The van der Waals surface area contributed by atoms with Gasteiger partial charge in [0, 0.05) is 49.0 Å². The second-order valence-electron chi connectivity index (χ2n) is 10.6. The van der Waals surface area contributed by atoms with E-state index in [1.807, 2.05) is 12.1 Å². The number of carbonyl (C=O) groups excluding carboxylic acids is 1. The summed E-state index contributed by atoms with van der Waals surface area (Å²) >= 11 is 4.09. The molecule has 5 nitrogen and oxygen atoms in total. The fourth-order valence-electron chi connectivity index (χ4n) is 7.38. The van der Waals surface area contributed by atoms with Gasteiger partial charge < -0.3 is 14.4 Å². The van der Waals surface area contributed by atoms with Crippen LogP contribution in [0.4, 0.5) is 0 Å². The molecular weight excluding hydrogens is 456 g/mol. The number of piperazine rings is 1. The number of benzene rings is 1. The largest absolute Gasteiger partial charge is 0.497 e. The van der Waals surface area contributed by atoms with E-state index in [2.05, 4.69) is 31.8 Å². The van der Waals surface area contributed by atoms with Gasteiger partial charge in [-0.3, -0.25) is 9.69 Å². The first-order chi connectivity index (χ1) is 14.9. The third-order valence-electron chi connectivity index (χ3n) is 8.24. The summed E-state index contributed by atoms with van der Waals surface area (Å²) in [6, 6.07) is 5.95. The van der Waals surface area contributed by atoms with Crippen molar-refractivity contribution in [3.05, 3.63) is 23.8 Å². The van der Waals surface area contributed by atoms with E-state index < -0.39 is 0 Å². The molecule has 2 unspecified atom stereocenters. The Hall–Kier alpha value is -1.27. The fraction of sp³-hybridized carbons (Fsp3) is 0.720. The molecule has 2 atom stereocenters. The molecule has 1 aliphatic heterocycles. The molecule has 4 saturated carbocycles. The van der Waals surface area contributed by atoms with Crippen molar-refractivity contribution in [1.82, 2.24) is 9.80 Å². The van der Waals surface area contributed by atoms with E-state index in [9.17, 15) is 4.79 Å². The van der Waals surface area contributed by atoms with Gasteiger partial charge >= 0.3 is 0 Å². The SMILES string of the molecule is COc1ccc(OC)c(CN2CCN(C(=O)CC34CC5CC(CC(Br)(C5)C3)C4)CC2)c1. The van der Waals surface area contributed by atoms with Crippen LogP contribution in [0.15, 0.2) is 18.2 Å². The van der Waals surface area contributed by atoms with Crippen LogP contribution in [0.25, 0.3) is 0 Å². The first-order valence-corrected chi connectivity index (χ1v) is 12.6.